The van der Waals surface area contributed by atoms with Gasteiger partial charge in [0.15, 0.2) is 16.7 Å². The number of methoxy groups -OCH3 is 1. The summed E-state index contributed by atoms with van der Waals surface area (Å²) >= 11 is 1.17. The number of thioether (sulfide) groups is 1. The molecule has 0 saturated carbocycles. The van der Waals surface area contributed by atoms with Gasteiger partial charge in [-0.3, -0.25) is 14.7 Å². The van der Waals surface area contributed by atoms with E-state index in [-0.39, 0.29) is 24.8 Å². The molecule has 4 rings (SSSR count). The normalized spacial score (nSPS) is 11.8. The van der Waals surface area contributed by atoms with Gasteiger partial charge in [0.25, 0.3) is 0 Å². The van der Waals surface area contributed by atoms with Crippen molar-refractivity contribution >= 4 is 11.8 Å². The van der Waals surface area contributed by atoms with Crippen molar-refractivity contribution in [2.75, 3.05) is 13.7 Å². The van der Waals surface area contributed by atoms with Crippen LogP contribution in [0.5, 0.6) is 11.5 Å². The fourth-order valence-electron chi connectivity index (χ4n) is 3.57. The van der Waals surface area contributed by atoms with Crippen LogP contribution in [-0.4, -0.2) is 33.3 Å². The summed E-state index contributed by atoms with van der Waals surface area (Å²) in [6, 6.07) is 17.0. The standard InChI is InChI=1S/C25H22F2N4O4S/c1-16-28-29-25(31(16)21-9-7-19(26)8-10-21)36-24(14-30(32)33)18-6-11-22(23(13-18)34-2)35-15-17-4-3-5-20(27)12-17/h3-13,24H,14-15H2,1-2H3/t24-/m0/s1. The van der Waals surface area contributed by atoms with E-state index >= 15 is 0 Å². The van der Waals surface area contributed by atoms with E-state index in [1.54, 1.807) is 54.0 Å². The molecule has 0 fully saturated rings. The van der Waals surface area contributed by atoms with E-state index in [2.05, 4.69) is 10.2 Å². The number of hydrogen-bond acceptors (Lipinski definition) is 7. The molecule has 36 heavy (non-hydrogen) atoms. The molecule has 0 radical (unpaired) electrons. The Morgan fingerprint density at radius 2 is 1.81 bits per heavy atom. The number of benzene rings is 3. The average Bonchev–Trinajstić information content (AvgIpc) is 3.22. The Morgan fingerprint density at radius 3 is 2.50 bits per heavy atom. The predicted molar refractivity (Wildman–Crippen MR) is 130 cm³/mol. The molecule has 1 atom stereocenters. The summed E-state index contributed by atoms with van der Waals surface area (Å²) in [5, 5.41) is 19.6. The van der Waals surface area contributed by atoms with Gasteiger partial charge < -0.3 is 9.47 Å². The molecule has 1 heterocycles. The third-order valence-electron chi connectivity index (χ3n) is 5.29. The third-order valence-corrected chi connectivity index (χ3v) is 6.47. The minimum Gasteiger partial charge on any atom is -0.493 e. The molecule has 0 unspecified atom stereocenters. The SMILES string of the molecule is COc1cc([C@H](C[N+](=O)[O-])Sc2nnc(C)n2-c2ccc(F)cc2)ccc1OCc1cccc(F)c1. The highest BCUT2D eigenvalue weighted by Gasteiger charge is 2.25. The second-order valence-corrected chi connectivity index (χ2v) is 8.96. The molecular formula is C25H22F2N4O4S. The molecule has 0 aliphatic carbocycles. The Balaban J connectivity index is 1.60. The van der Waals surface area contributed by atoms with Crippen LogP contribution in [0.25, 0.3) is 5.69 Å². The highest BCUT2D eigenvalue weighted by Crippen LogP contribution is 2.39. The van der Waals surface area contributed by atoms with Gasteiger partial charge in [-0.2, -0.15) is 0 Å². The summed E-state index contributed by atoms with van der Waals surface area (Å²) in [6.45, 7) is 1.49. The molecule has 4 aromatic rings. The number of nitrogens with zero attached hydrogens (tertiary/aromatic N) is 4. The van der Waals surface area contributed by atoms with Crippen molar-refractivity contribution in [3.63, 3.8) is 0 Å². The van der Waals surface area contributed by atoms with Gasteiger partial charge in [-0.15, -0.1) is 10.2 Å². The molecule has 11 heteroatoms. The Hall–Kier alpha value is -3.99. The number of rotatable bonds is 10. The highest BCUT2D eigenvalue weighted by molar-refractivity contribution is 7.99. The lowest BCUT2D eigenvalue weighted by Gasteiger charge is -2.17. The monoisotopic (exact) mass is 512 g/mol. The Kier molecular flexibility index (Phi) is 7.79. The van der Waals surface area contributed by atoms with Crippen molar-refractivity contribution in [2.45, 2.75) is 23.9 Å². The topological polar surface area (TPSA) is 92.3 Å². The Bertz CT molecular complexity index is 1360. The fourth-order valence-corrected chi connectivity index (χ4v) is 4.74. The number of ether oxygens (including phenoxy) is 2. The van der Waals surface area contributed by atoms with Crippen LogP contribution in [0, 0.1) is 28.7 Å². The second kappa shape index (κ2) is 11.2. The Labute approximate surface area is 210 Å². The van der Waals surface area contributed by atoms with Gasteiger partial charge in [-0.25, -0.2) is 8.78 Å². The van der Waals surface area contributed by atoms with Crippen molar-refractivity contribution in [1.82, 2.24) is 14.8 Å². The molecule has 0 aliphatic rings. The maximum Gasteiger partial charge on any atom is 0.220 e. The summed E-state index contributed by atoms with van der Waals surface area (Å²) in [5.74, 6) is 0.621. The van der Waals surface area contributed by atoms with E-state index in [0.29, 0.717) is 39.3 Å². The van der Waals surface area contributed by atoms with Gasteiger partial charge in [0.2, 0.25) is 6.54 Å². The van der Waals surface area contributed by atoms with E-state index in [9.17, 15) is 18.9 Å². The maximum absolute atomic E-state index is 13.5. The zero-order chi connectivity index (χ0) is 25.7. The molecule has 186 valence electrons. The number of nitro groups is 1. The van der Waals surface area contributed by atoms with Crippen LogP contribution in [0.3, 0.4) is 0 Å². The van der Waals surface area contributed by atoms with Gasteiger partial charge in [0.05, 0.1) is 7.11 Å². The minimum absolute atomic E-state index is 0.126. The van der Waals surface area contributed by atoms with Crippen molar-refractivity contribution in [3.8, 4) is 17.2 Å². The lowest BCUT2D eigenvalue weighted by Crippen LogP contribution is -2.11. The van der Waals surface area contributed by atoms with Crippen molar-refractivity contribution in [2.24, 2.45) is 0 Å². The summed E-state index contributed by atoms with van der Waals surface area (Å²) < 4.78 is 39.9. The first kappa shape index (κ1) is 25.1. The largest absolute Gasteiger partial charge is 0.493 e. The zero-order valence-corrected chi connectivity index (χ0v) is 20.2. The highest BCUT2D eigenvalue weighted by atomic mass is 32.2. The molecule has 0 amide bonds. The first-order chi connectivity index (χ1) is 17.3. The lowest BCUT2D eigenvalue weighted by atomic mass is 10.1. The van der Waals surface area contributed by atoms with Crippen LogP contribution in [0.1, 0.15) is 22.2 Å². The average molecular weight is 513 g/mol. The van der Waals surface area contributed by atoms with Gasteiger partial charge in [-0.05, 0) is 66.6 Å². The van der Waals surface area contributed by atoms with Gasteiger partial charge in [0, 0.05) is 10.6 Å². The molecule has 8 nitrogen and oxygen atoms in total. The molecule has 0 bridgehead atoms. The first-order valence-electron chi connectivity index (χ1n) is 10.9. The molecule has 1 aromatic heterocycles. The van der Waals surface area contributed by atoms with E-state index in [1.165, 1.54) is 43.1 Å². The summed E-state index contributed by atoms with van der Waals surface area (Å²) in [4.78, 5) is 11.1. The van der Waals surface area contributed by atoms with Crippen molar-refractivity contribution < 1.29 is 23.2 Å². The smallest absolute Gasteiger partial charge is 0.220 e. The van der Waals surface area contributed by atoms with Gasteiger partial charge in [0.1, 0.15) is 29.3 Å². The second-order valence-electron chi connectivity index (χ2n) is 7.79. The summed E-state index contributed by atoms with van der Waals surface area (Å²) in [5.41, 5.74) is 1.91. The molecule has 0 N–H and O–H groups in total. The van der Waals surface area contributed by atoms with Crippen LogP contribution in [0.2, 0.25) is 0 Å². The van der Waals surface area contributed by atoms with Gasteiger partial charge >= 0.3 is 0 Å². The van der Waals surface area contributed by atoms with Crippen LogP contribution in [0.15, 0.2) is 71.9 Å². The molecule has 0 spiro atoms. The van der Waals surface area contributed by atoms with E-state index < -0.39 is 10.2 Å². The molecule has 3 aromatic carbocycles. The van der Waals surface area contributed by atoms with Crippen molar-refractivity contribution in [1.29, 1.82) is 0 Å². The predicted octanol–water partition coefficient (Wildman–Crippen LogP) is 5.55. The quantitative estimate of drug-likeness (QED) is 0.156. The number of hydrogen-bond donors (Lipinski definition) is 0. The third kappa shape index (κ3) is 5.98. The molecule has 0 saturated heterocycles. The zero-order valence-electron chi connectivity index (χ0n) is 19.4. The Morgan fingerprint density at radius 1 is 1.03 bits per heavy atom. The molecule has 0 aliphatic heterocycles. The maximum atomic E-state index is 13.5. The van der Waals surface area contributed by atoms with Crippen LogP contribution in [-0.2, 0) is 6.61 Å². The van der Waals surface area contributed by atoms with E-state index in [1.807, 2.05) is 0 Å². The van der Waals surface area contributed by atoms with E-state index in [0.717, 1.165) is 0 Å². The van der Waals surface area contributed by atoms with Crippen molar-refractivity contribution in [3.05, 3.63) is 105 Å². The molecular weight excluding hydrogens is 490 g/mol. The number of halogens is 2. The summed E-state index contributed by atoms with van der Waals surface area (Å²) in [7, 11) is 1.47. The van der Waals surface area contributed by atoms with Crippen LogP contribution >= 0.6 is 11.8 Å². The fraction of sp³-hybridized carbons (Fsp3) is 0.200. The van der Waals surface area contributed by atoms with Crippen LogP contribution < -0.4 is 9.47 Å². The summed E-state index contributed by atoms with van der Waals surface area (Å²) in [6.07, 6.45) is 0. The first-order valence-corrected chi connectivity index (χ1v) is 11.7. The lowest BCUT2D eigenvalue weighted by molar-refractivity contribution is -0.479. The van der Waals surface area contributed by atoms with E-state index in [4.69, 9.17) is 9.47 Å². The minimum atomic E-state index is -0.631. The van der Waals surface area contributed by atoms with Crippen LogP contribution in [0.4, 0.5) is 8.78 Å². The number of aromatic nitrogens is 3. The number of aryl methyl sites for hydroxylation is 1. The van der Waals surface area contributed by atoms with Gasteiger partial charge in [-0.1, -0.05) is 30.0 Å².